The predicted molar refractivity (Wildman–Crippen MR) is 87.5 cm³/mol. The van der Waals surface area contributed by atoms with Crippen molar-refractivity contribution in [1.82, 2.24) is 20.2 Å². The molecule has 1 N–H and O–H groups in total. The van der Waals surface area contributed by atoms with E-state index >= 15 is 0 Å². The second kappa shape index (κ2) is 5.73. The quantitative estimate of drug-likeness (QED) is 0.743. The predicted octanol–water partition coefficient (Wildman–Crippen LogP) is 3.72. The number of nitrogens with zero attached hydrogens (tertiary/aromatic N) is 4. The normalized spacial score (nSPS) is 19.9. The van der Waals surface area contributed by atoms with Crippen molar-refractivity contribution in [3.8, 4) is 0 Å². The number of tetrazole rings is 1. The van der Waals surface area contributed by atoms with E-state index in [1.165, 1.54) is 12.1 Å². The van der Waals surface area contributed by atoms with Gasteiger partial charge in [-0.25, -0.2) is 9.07 Å². The summed E-state index contributed by atoms with van der Waals surface area (Å²) < 4.78 is 16.0. The number of anilines is 1. The lowest BCUT2D eigenvalue weighted by molar-refractivity contribution is 0.423. The van der Waals surface area contributed by atoms with Crippen LogP contribution in [0.15, 0.2) is 53.0 Å². The van der Waals surface area contributed by atoms with Crippen molar-refractivity contribution in [1.29, 1.82) is 0 Å². The first-order valence-electron chi connectivity index (χ1n) is 7.26. The van der Waals surface area contributed by atoms with Crippen LogP contribution in [0.5, 0.6) is 0 Å². The second-order valence-corrected chi connectivity index (χ2v) is 6.41. The van der Waals surface area contributed by atoms with Gasteiger partial charge in [-0.05, 0) is 52.2 Å². The molecule has 23 heavy (non-hydrogen) atoms. The summed E-state index contributed by atoms with van der Waals surface area (Å²) in [7, 11) is 0. The summed E-state index contributed by atoms with van der Waals surface area (Å²) in [4.78, 5) is 0. The van der Waals surface area contributed by atoms with Crippen molar-refractivity contribution in [2.75, 3.05) is 5.32 Å². The molecule has 1 aliphatic rings. The molecule has 2 aromatic carbocycles. The highest BCUT2D eigenvalue weighted by Crippen LogP contribution is 2.37. The highest BCUT2D eigenvalue weighted by Gasteiger charge is 2.30. The van der Waals surface area contributed by atoms with Crippen LogP contribution in [-0.4, -0.2) is 20.2 Å². The Morgan fingerprint density at radius 3 is 2.48 bits per heavy atom. The van der Waals surface area contributed by atoms with Crippen molar-refractivity contribution in [2.24, 2.45) is 0 Å². The van der Waals surface area contributed by atoms with Crippen molar-refractivity contribution >= 4 is 21.9 Å². The van der Waals surface area contributed by atoms with Gasteiger partial charge in [0.25, 0.3) is 0 Å². The molecule has 0 spiro atoms. The van der Waals surface area contributed by atoms with Crippen molar-refractivity contribution in [2.45, 2.75) is 18.5 Å². The summed E-state index contributed by atoms with van der Waals surface area (Å²) >= 11 is 3.45. The molecule has 2 atom stereocenters. The van der Waals surface area contributed by atoms with Gasteiger partial charge in [-0.1, -0.05) is 45.3 Å². The van der Waals surface area contributed by atoms with E-state index in [0.29, 0.717) is 5.95 Å². The molecule has 0 radical (unpaired) electrons. The van der Waals surface area contributed by atoms with Crippen molar-refractivity contribution < 1.29 is 4.39 Å². The first kappa shape index (κ1) is 14.3. The third kappa shape index (κ3) is 2.72. The molecule has 0 amide bonds. The van der Waals surface area contributed by atoms with Crippen molar-refractivity contribution in [3.63, 3.8) is 0 Å². The lowest BCUT2D eigenvalue weighted by atomic mass is 9.93. The first-order valence-corrected chi connectivity index (χ1v) is 8.05. The lowest BCUT2D eigenvalue weighted by Gasteiger charge is -2.31. The van der Waals surface area contributed by atoms with Crippen LogP contribution in [0, 0.1) is 5.82 Å². The minimum Gasteiger partial charge on any atom is -0.346 e. The van der Waals surface area contributed by atoms with Crippen LogP contribution in [0.3, 0.4) is 0 Å². The largest absolute Gasteiger partial charge is 0.346 e. The lowest BCUT2D eigenvalue weighted by Crippen LogP contribution is -2.28. The fourth-order valence-electron chi connectivity index (χ4n) is 2.91. The van der Waals surface area contributed by atoms with Gasteiger partial charge in [0, 0.05) is 4.47 Å². The zero-order valence-corrected chi connectivity index (χ0v) is 13.6. The second-order valence-electron chi connectivity index (χ2n) is 5.50. The maximum Gasteiger partial charge on any atom is 0.243 e. The molecule has 0 bridgehead atoms. The first-order chi connectivity index (χ1) is 11.2. The highest BCUT2D eigenvalue weighted by molar-refractivity contribution is 9.10. The molecule has 1 aromatic heterocycles. The van der Waals surface area contributed by atoms with Crippen LogP contribution >= 0.6 is 15.9 Å². The van der Waals surface area contributed by atoms with Crippen LogP contribution < -0.4 is 5.32 Å². The van der Waals surface area contributed by atoms with Crippen molar-refractivity contribution in [3.05, 3.63) is 69.9 Å². The van der Waals surface area contributed by atoms with Gasteiger partial charge in [-0.2, -0.15) is 0 Å². The molecule has 2 heterocycles. The van der Waals surface area contributed by atoms with Crippen LogP contribution in [-0.2, 0) is 0 Å². The van der Waals surface area contributed by atoms with Crippen LogP contribution in [0.2, 0.25) is 0 Å². The molecule has 0 saturated heterocycles. The van der Waals surface area contributed by atoms with E-state index in [1.807, 2.05) is 12.1 Å². The zero-order chi connectivity index (χ0) is 15.8. The van der Waals surface area contributed by atoms with Crippen LogP contribution in [0.4, 0.5) is 10.3 Å². The summed E-state index contributed by atoms with van der Waals surface area (Å²) in [6.45, 7) is 0. The fraction of sp³-hybridized carbons (Fsp3) is 0.188. The number of benzene rings is 2. The van der Waals surface area contributed by atoms with E-state index in [0.717, 1.165) is 22.0 Å². The number of hydrogen-bond donors (Lipinski definition) is 1. The Hall–Kier alpha value is -2.28. The molecular weight excluding hydrogens is 361 g/mol. The standard InChI is InChI=1S/C16H13BrFN5/c17-12-5-1-10(2-6-12)14-9-15(11-3-7-13(18)8-4-11)23-16(19-14)20-21-22-23/h1-8,14-15H,9H2,(H,19,20,22). The molecule has 2 unspecified atom stereocenters. The molecule has 0 aliphatic carbocycles. The average Bonchev–Trinajstić information content (AvgIpc) is 3.04. The maximum absolute atomic E-state index is 13.2. The average molecular weight is 374 g/mol. The SMILES string of the molecule is Fc1ccc(C2CC(c3ccc(Br)cc3)Nc3nnnn32)cc1. The van der Waals surface area contributed by atoms with Crippen LogP contribution in [0.1, 0.15) is 29.6 Å². The summed E-state index contributed by atoms with van der Waals surface area (Å²) in [5, 5.41) is 15.2. The van der Waals surface area contributed by atoms with Gasteiger partial charge < -0.3 is 5.32 Å². The van der Waals surface area contributed by atoms with E-state index < -0.39 is 0 Å². The molecule has 116 valence electrons. The molecule has 3 aromatic rings. The van der Waals surface area contributed by atoms with Gasteiger partial charge in [0.05, 0.1) is 12.1 Å². The number of fused-ring (bicyclic) bond motifs is 1. The topological polar surface area (TPSA) is 55.6 Å². The number of hydrogen-bond acceptors (Lipinski definition) is 4. The zero-order valence-electron chi connectivity index (χ0n) is 12.0. The molecule has 5 nitrogen and oxygen atoms in total. The van der Waals surface area contributed by atoms with Gasteiger partial charge in [0.15, 0.2) is 0 Å². The smallest absolute Gasteiger partial charge is 0.243 e. The Labute approximate surface area is 140 Å². The van der Waals surface area contributed by atoms with E-state index in [-0.39, 0.29) is 17.9 Å². The molecule has 4 rings (SSSR count). The minimum absolute atomic E-state index is 0.0319. The van der Waals surface area contributed by atoms with E-state index in [9.17, 15) is 4.39 Å². The highest BCUT2D eigenvalue weighted by atomic mass is 79.9. The summed E-state index contributed by atoms with van der Waals surface area (Å²) in [6.07, 6.45) is 0.783. The third-order valence-electron chi connectivity index (χ3n) is 4.08. The van der Waals surface area contributed by atoms with E-state index in [1.54, 1.807) is 16.8 Å². The Bertz CT molecular complexity index is 815. The number of halogens is 2. The molecular formula is C16H13BrFN5. The van der Waals surface area contributed by atoms with Gasteiger partial charge in [0.1, 0.15) is 5.82 Å². The Morgan fingerprint density at radius 1 is 1.04 bits per heavy atom. The molecule has 0 fully saturated rings. The Kier molecular flexibility index (Phi) is 3.57. The number of aromatic nitrogens is 4. The Morgan fingerprint density at radius 2 is 1.74 bits per heavy atom. The number of nitrogens with one attached hydrogen (secondary N) is 1. The van der Waals surface area contributed by atoms with Gasteiger partial charge in [-0.15, -0.1) is 0 Å². The van der Waals surface area contributed by atoms with Crippen LogP contribution in [0.25, 0.3) is 0 Å². The molecule has 7 heteroatoms. The minimum atomic E-state index is -0.246. The Balaban J connectivity index is 1.71. The monoisotopic (exact) mass is 373 g/mol. The van der Waals surface area contributed by atoms with Gasteiger partial charge in [-0.3, -0.25) is 0 Å². The third-order valence-corrected chi connectivity index (χ3v) is 4.61. The molecule has 0 saturated carbocycles. The van der Waals surface area contributed by atoms with Gasteiger partial charge >= 0.3 is 0 Å². The van der Waals surface area contributed by atoms with E-state index in [2.05, 4.69) is 48.9 Å². The summed E-state index contributed by atoms with van der Waals surface area (Å²) in [6, 6.07) is 14.7. The number of rotatable bonds is 2. The summed E-state index contributed by atoms with van der Waals surface area (Å²) in [5.41, 5.74) is 2.15. The molecule has 1 aliphatic heterocycles. The van der Waals surface area contributed by atoms with E-state index in [4.69, 9.17) is 0 Å². The fourth-order valence-corrected chi connectivity index (χ4v) is 3.18. The van der Waals surface area contributed by atoms with Gasteiger partial charge in [0.2, 0.25) is 5.95 Å². The summed E-state index contributed by atoms with van der Waals surface area (Å²) in [5.74, 6) is 0.377. The maximum atomic E-state index is 13.2.